The second-order valence-corrected chi connectivity index (χ2v) is 8.16. The first-order valence-electron chi connectivity index (χ1n) is 9.21. The molecule has 1 amide bonds. The lowest BCUT2D eigenvalue weighted by molar-refractivity contribution is 0.0618. The zero-order valence-corrected chi connectivity index (χ0v) is 15.8. The number of halogens is 2. The van der Waals surface area contributed by atoms with Gasteiger partial charge in [-0.1, -0.05) is 17.7 Å². The molecule has 2 aromatic rings. The van der Waals surface area contributed by atoms with Crippen LogP contribution in [0.2, 0.25) is 5.02 Å². The van der Waals surface area contributed by atoms with E-state index in [9.17, 15) is 19.1 Å². The molecule has 2 aliphatic heterocycles. The lowest BCUT2D eigenvalue weighted by Crippen LogP contribution is -2.44. The fraction of sp³-hybridized carbons (Fsp3) is 0.400. The molecule has 1 N–H and O–H groups in total. The van der Waals surface area contributed by atoms with Crippen LogP contribution < -0.4 is 5.43 Å². The number of ether oxygens (including phenoxy) is 1. The molecular weight excluding hydrogens is 387 g/mol. The molecule has 0 saturated heterocycles. The highest BCUT2D eigenvalue weighted by atomic mass is 35.5. The minimum atomic E-state index is -0.523. The maximum Gasteiger partial charge on any atom is 0.274 e. The van der Waals surface area contributed by atoms with Crippen LogP contribution in [0, 0.1) is 5.82 Å². The molecule has 1 aromatic heterocycles. The zero-order valence-electron chi connectivity index (χ0n) is 15.0. The van der Waals surface area contributed by atoms with Gasteiger partial charge in [0.1, 0.15) is 5.82 Å². The number of hydrogen-bond donors (Lipinski definition) is 1. The van der Waals surface area contributed by atoms with Crippen LogP contribution >= 0.6 is 11.6 Å². The van der Waals surface area contributed by atoms with Crippen molar-refractivity contribution < 1.29 is 19.0 Å². The molecule has 1 aromatic carbocycles. The predicted octanol–water partition coefficient (Wildman–Crippen LogP) is 2.56. The van der Waals surface area contributed by atoms with Crippen molar-refractivity contribution in [3.8, 4) is 5.75 Å². The SMILES string of the molecule is O=C1c2c(O)c(=O)c3c(n2CCN1Cc1ccc(F)c(Cl)c1)COCC31CC1. The maximum atomic E-state index is 13.4. The lowest BCUT2D eigenvalue weighted by Gasteiger charge is -2.35. The van der Waals surface area contributed by atoms with Gasteiger partial charge in [-0.3, -0.25) is 9.59 Å². The average molecular weight is 405 g/mol. The van der Waals surface area contributed by atoms with Gasteiger partial charge >= 0.3 is 0 Å². The first-order chi connectivity index (χ1) is 13.4. The quantitative estimate of drug-likeness (QED) is 0.835. The van der Waals surface area contributed by atoms with E-state index in [0.717, 1.165) is 12.8 Å². The molecule has 6 nitrogen and oxygen atoms in total. The summed E-state index contributed by atoms with van der Waals surface area (Å²) < 4.78 is 20.8. The number of carbonyl (C=O) groups is 1. The van der Waals surface area contributed by atoms with Crippen molar-refractivity contribution >= 4 is 17.5 Å². The monoisotopic (exact) mass is 404 g/mol. The standard InChI is InChI=1S/C20H18ClFN2O4/c21-12-7-11(1-2-13(12)22)8-23-5-6-24-14-9-28-10-20(3-4-20)15(14)17(25)18(26)16(24)19(23)27/h1-2,7,26H,3-6,8-10H2. The van der Waals surface area contributed by atoms with E-state index in [2.05, 4.69) is 0 Å². The number of nitrogens with zero attached hydrogens (tertiary/aromatic N) is 2. The van der Waals surface area contributed by atoms with Gasteiger partial charge in [0.25, 0.3) is 5.91 Å². The Bertz CT molecular complexity index is 1080. The molecule has 0 bridgehead atoms. The summed E-state index contributed by atoms with van der Waals surface area (Å²) in [4.78, 5) is 27.5. The van der Waals surface area contributed by atoms with Gasteiger partial charge in [-0.05, 0) is 30.5 Å². The molecule has 0 unspecified atom stereocenters. The molecule has 1 spiro atoms. The molecule has 3 heterocycles. The summed E-state index contributed by atoms with van der Waals surface area (Å²) in [6.07, 6.45) is 1.72. The first kappa shape index (κ1) is 17.7. The fourth-order valence-electron chi connectivity index (χ4n) is 4.36. The van der Waals surface area contributed by atoms with Crippen molar-refractivity contribution in [3.05, 3.63) is 61.8 Å². The number of fused-ring (bicyclic) bond motifs is 4. The average Bonchev–Trinajstić information content (AvgIpc) is 3.43. The predicted molar refractivity (Wildman–Crippen MR) is 99.1 cm³/mol. The molecule has 3 aliphatic rings. The minimum Gasteiger partial charge on any atom is -0.503 e. The Labute approximate surface area is 165 Å². The molecule has 5 rings (SSSR count). The van der Waals surface area contributed by atoms with Crippen molar-refractivity contribution in [2.24, 2.45) is 0 Å². The number of amides is 1. The number of rotatable bonds is 2. The van der Waals surface area contributed by atoms with E-state index in [1.807, 2.05) is 0 Å². The van der Waals surface area contributed by atoms with E-state index in [-0.39, 0.29) is 29.3 Å². The number of hydrogen-bond acceptors (Lipinski definition) is 4. The van der Waals surface area contributed by atoms with Crippen molar-refractivity contribution in [2.75, 3.05) is 13.2 Å². The molecule has 1 aliphatic carbocycles. The fourth-order valence-corrected chi connectivity index (χ4v) is 4.56. The molecule has 1 saturated carbocycles. The van der Waals surface area contributed by atoms with Gasteiger partial charge in [-0.2, -0.15) is 0 Å². The maximum absolute atomic E-state index is 13.4. The zero-order chi connectivity index (χ0) is 19.6. The molecule has 146 valence electrons. The van der Waals surface area contributed by atoms with Crippen LogP contribution in [0.25, 0.3) is 0 Å². The molecule has 0 radical (unpaired) electrons. The molecule has 1 fully saturated rings. The Balaban J connectivity index is 1.55. The summed E-state index contributed by atoms with van der Waals surface area (Å²) >= 11 is 5.83. The summed E-state index contributed by atoms with van der Waals surface area (Å²) in [5.41, 5.74) is 1.25. The summed E-state index contributed by atoms with van der Waals surface area (Å²) in [5, 5.41) is 10.6. The third-order valence-corrected chi connectivity index (χ3v) is 6.28. The van der Waals surface area contributed by atoms with E-state index in [0.29, 0.717) is 36.5 Å². The molecule has 0 atom stereocenters. The van der Waals surface area contributed by atoms with Gasteiger partial charge in [0.15, 0.2) is 11.4 Å². The van der Waals surface area contributed by atoms with Crippen LogP contribution in [0.4, 0.5) is 4.39 Å². The van der Waals surface area contributed by atoms with Crippen LogP contribution in [0.3, 0.4) is 0 Å². The van der Waals surface area contributed by atoms with Crippen molar-refractivity contribution in [3.63, 3.8) is 0 Å². The number of carbonyl (C=O) groups excluding carboxylic acids is 1. The highest BCUT2D eigenvalue weighted by Gasteiger charge is 2.51. The largest absolute Gasteiger partial charge is 0.503 e. The highest BCUT2D eigenvalue weighted by Crippen LogP contribution is 2.51. The third kappa shape index (κ3) is 2.49. The van der Waals surface area contributed by atoms with Crippen LogP contribution in [-0.4, -0.2) is 33.6 Å². The molecule has 8 heteroatoms. The third-order valence-electron chi connectivity index (χ3n) is 5.99. The van der Waals surface area contributed by atoms with E-state index in [4.69, 9.17) is 16.3 Å². The smallest absolute Gasteiger partial charge is 0.274 e. The van der Waals surface area contributed by atoms with Gasteiger partial charge in [-0.25, -0.2) is 4.39 Å². The van der Waals surface area contributed by atoms with E-state index in [1.54, 1.807) is 10.6 Å². The summed E-state index contributed by atoms with van der Waals surface area (Å²) in [6, 6.07) is 4.29. The van der Waals surface area contributed by atoms with Gasteiger partial charge in [0.05, 0.1) is 23.9 Å². The van der Waals surface area contributed by atoms with Crippen molar-refractivity contribution in [2.45, 2.75) is 38.0 Å². The second kappa shape index (κ2) is 6.06. The normalized spacial score (nSPS) is 19.5. The summed E-state index contributed by atoms with van der Waals surface area (Å²) in [7, 11) is 0. The minimum absolute atomic E-state index is 0.00417. The molecular formula is C20H18ClFN2O4. The Morgan fingerprint density at radius 1 is 1.25 bits per heavy atom. The number of aromatic nitrogens is 1. The highest BCUT2D eigenvalue weighted by molar-refractivity contribution is 6.30. The van der Waals surface area contributed by atoms with Crippen molar-refractivity contribution in [1.82, 2.24) is 9.47 Å². The topological polar surface area (TPSA) is 71.8 Å². The van der Waals surface area contributed by atoms with Gasteiger partial charge in [0, 0.05) is 30.6 Å². The Hall–Kier alpha value is -2.38. The lowest BCUT2D eigenvalue weighted by atomic mass is 9.91. The summed E-state index contributed by atoms with van der Waals surface area (Å²) in [5.74, 6) is -1.44. The van der Waals surface area contributed by atoms with Gasteiger partial charge in [-0.15, -0.1) is 0 Å². The Morgan fingerprint density at radius 2 is 2.04 bits per heavy atom. The summed E-state index contributed by atoms with van der Waals surface area (Å²) in [6.45, 7) is 1.82. The van der Waals surface area contributed by atoms with Crippen LogP contribution in [0.15, 0.2) is 23.0 Å². The number of benzene rings is 1. The molecule has 28 heavy (non-hydrogen) atoms. The van der Waals surface area contributed by atoms with Crippen LogP contribution in [0.1, 0.15) is 40.2 Å². The Kier molecular flexibility index (Phi) is 3.83. The van der Waals surface area contributed by atoms with Crippen LogP contribution in [-0.2, 0) is 29.8 Å². The van der Waals surface area contributed by atoms with Crippen LogP contribution in [0.5, 0.6) is 5.75 Å². The van der Waals surface area contributed by atoms with Crippen molar-refractivity contribution in [1.29, 1.82) is 0 Å². The first-order valence-corrected chi connectivity index (χ1v) is 9.59. The Morgan fingerprint density at radius 3 is 2.75 bits per heavy atom. The van der Waals surface area contributed by atoms with E-state index >= 15 is 0 Å². The number of pyridine rings is 1. The van der Waals surface area contributed by atoms with Gasteiger partial charge in [0.2, 0.25) is 5.43 Å². The van der Waals surface area contributed by atoms with E-state index in [1.165, 1.54) is 17.0 Å². The second-order valence-electron chi connectivity index (χ2n) is 7.75. The van der Waals surface area contributed by atoms with E-state index < -0.39 is 22.9 Å². The number of aromatic hydroxyl groups is 1. The van der Waals surface area contributed by atoms with Gasteiger partial charge < -0.3 is 19.3 Å².